The molecule has 0 fully saturated rings. The molecular weight excluding hydrogens is 327 g/mol. The summed E-state index contributed by atoms with van der Waals surface area (Å²) >= 11 is 12.0. The molecule has 0 bridgehead atoms. The number of hydrogen-bond donors (Lipinski definition) is 1. The van der Waals surface area contributed by atoms with Crippen LogP contribution < -0.4 is 5.32 Å². The smallest absolute Gasteiger partial charge is 0.129 e. The molecule has 110 valence electrons. The van der Waals surface area contributed by atoms with E-state index in [1.165, 1.54) is 5.56 Å². The van der Waals surface area contributed by atoms with Gasteiger partial charge in [-0.15, -0.1) is 24.0 Å². The molecule has 0 saturated carbocycles. The average Bonchev–Trinajstić information content (AvgIpc) is 2.93. The van der Waals surface area contributed by atoms with Crippen LogP contribution in [0.3, 0.4) is 0 Å². The SMILES string of the molecule is Cl.ClCC1NC(c2ccc(Cl)cc2)=NC1c1ccccc1. The first-order chi connectivity index (χ1) is 9.78. The number of benzene rings is 2. The molecule has 2 nitrogen and oxygen atoms in total. The van der Waals surface area contributed by atoms with Crippen LogP contribution in [-0.2, 0) is 0 Å². The maximum Gasteiger partial charge on any atom is 0.129 e. The molecule has 0 spiro atoms. The van der Waals surface area contributed by atoms with Crippen LogP contribution in [0.4, 0.5) is 0 Å². The minimum atomic E-state index is 0. The molecule has 0 aromatic heterocycles. The number of halogens is 3. The zero-order valence-electron chi connectivity index (χ0n) is 11.2. The number of rotatable bonds is 3. The summed E-state index contributed by atoms with van der Waals surface area (Å²) in [5.74, 6) is 1.39. The lowest BCUT2D eigenvalue weighted by Crippen LogP contribution is -2.33. The van der Waals surface area contributed by atoms with E-state index in [1.807, 2.05) is 42.5 Å². The molecule has 3 rings (SSSR count). The highest BCUT2D eigenvalue weighted by Crippen LogP contribution is 2.28. The number of nitrogens with one attached hydrogen (secondary N) is 1. The Kier molecular flexibility index (Phi) is 5.51. The first-order valence-corrected chi connectivity index (χ1v) is 7.40. The summed E-state index contributed by atoms with van der Waals surface area (Å²) in [6, 6.07) is 18.1. The molecule has 1 aliphatic rings. The van der Waals surface area contributed by atoms with Crippen molar-refractivity contribution in [2.45, 2.75) is 12.1 Å². The van der Waals surface area contributed by atoms with Gasteiger partial charge in [0.2, 0.25) is 0 Å². The Hall–Kier alpha value is -1.22. The molecule has 5 heteroatoms. The topological polar surface area (TPSA) is 24.4 Å². The highest BCUT2D eigenvalue weighted by atomic mass is 35.5. The summed E-state index contributed by atoms with van der Waals surface area (Å²) in [4.78, 5) is 4.79. The Labute approximate surface area is 140 Å². The van der Waals surface area contributed by atoms with E-state index in [0.29, 0.717) is 5.88 Å². The van der Waals surface area contributed by atoms with Crippen molar-refractivity contribution in [1.29, 1.82) is 0 Å². The number of amidine groups is 1. The van der Waals surface area contributed by atoms with Crippen molar-refractivity contribution in [3.63, 3.8) is 0 Å². The fraction of sp³-hybridized carbons (Fsp3) is 0.188. The molecule has 0 aliphatic carbocycles. The zero-order valence-corrected chi connectivity index (χ0v) is 13.5. The van der Waals surface area contributed by atoms with Gasteiger partial charge >= 0.3 is 0 Å². The summed E-state index contributed by atoms with van der Waals surface area (Å²) in [5, 5.41) is 4.12. The van der Waals surface area contributed by atoms with Crippen molar-refractivity contribution in [2.24, 2.45) is 4.99 Å². The normalized spacial score (nSPS) is 20.4. The van der Waals surface area contributed by atoms with Crippen LogP contribution >= 0.6 is 35.6 Å². The summed E-state index contributed by atoms with van der Waals surface area (Å²) in [6.45, 7) is 0. The highest BCUT2D eigenvalue weighted by Gasteiger charge is 2.29. The first kappa shape index (κ1) is 16.2. The monoisotopic (exact) mass is 340 g/mol. The van der Waals surface area contributed by atoms with Gasteiger partial charge in [-0.25, -0.2) is 0 Å². The van der Waals surface area contributed by atoms with Gasteiger partial charge in [-0.3, -0.25) is 4.99 Å². The lowest BCUT2D eigenvalue weighted by Gasteiger charge is -2.16. The number of alkyl halides is 1. The largest absolute Gasteiger partial charge is 0.363 e. The van der Waals surface area contributed by atoms with E-state index in [1.54, 1.807) is 0 Å². The van der Waals surface area contributed by atoms with Crippen molar-refractivity contribution in [1.82, 2.24) is 5.32 Å². The minimum absolute atomic E-state index is 0. The van der Waals surface area contributed by atoms with Crippen LogP contribution in [0.5, 0.6) is 0 Å². The third kappa shape index (κ3) is 3.52. The lowest BCUT2D eigenvalue weighted by molar-refractivity contribution is 0.593. The summed E-state index contributed by atoms with van der Waals surface area (Å²) in [7, 11) is 0. The van der Waals surface area contributed by atoms with Crippen LogP contribution in [0, 0.1) is 0 Å². The molecule has 0 radical (unpaired) electrons. The third-order valence-corrected chi connectivity index (χ3v) is 3.98. The van der Waals surface area contributed by atoms with E-state index in [4.69, 9.17) is 28.2 Å². The zero-order chi connectivity index (χ0) is 13.9. The Morgan fingerprint density at radius 2 is 1.67 bits per heavy atom. The number of hydrogen-bond acceptors (Lipinski definition) is 2. The molecule has 1 N–H and O–H groups in total. The van der Waals surface area contributed by atoms with Crippen molar-refractivity contribution in [3.8, 4) is 0 Å². The van der Waals surface area contributed by atoms with E-state index in [-0.39, 0.29) is 24.5 Å². The maximum atomic E-state index is 6.07. The van der Waals surface area contributed by atoms with Crippen LogP contribution in [-0.4, -0.2) is 17.8 Å². The molecule has 2 atom stereocenters. The Bertz CT molecular complexity index is 611. The fourth-order valence-electron chi connectivity index (χ4n) is 2.37. The van der Waals surface area contributed by atoms with E-state index in [9.17, 15) is 0 Å². The van der Waals surface area contributed by atoms with Crippen LogP contribution in [0.2, 0.25) is 5.02 Å². The quantitative estimate of drug-likeness (QED) is 0.819. The molecule has 1 heterocycles. The van der Waals surface area contributed by atoms with Gasteiger partial charge in [0.15, 0.2) is 0 Å². The predicted molar refractivity (Wildman–Crippen MR) is 92.1 cm³/mol. The molecule has 2 unspecified atom stereocenters. The minimum Gasteiger partial charge on any atom is -0.363 e. The van der Waals surface area contributed by atoms with E-state index < -0.39 is 0 Å². The molecule has 1 aliphatic heterocycles. The van der Waals surface area contributed by atoms with Crippen molar-refractivity contribution in [3.05, 3.63) is 70.7 Å². The molecule has 0 amide bonds. The van der Waals surface area contributed by atoms with Crippen molar-refractivity contribution in [2.75, 3.05) is 5.88 Å². The van der Waals surface area contributed by atoms with Gasteiger partial charge in [-0.1, -0.05) is 41.9 Å². The fourth-order valence-corrected chi connectivity index (χ4v) is 2.74. The van der Waals surface area contributed by atoms with Crippen molar-refractivity contribution < 1.29 is 0 Å². The van der Waals surface area contributed by atoms with Gasteiger partial charge < -0.3 is 5.32 Å². The third-order valence-electron chi connectivity index (χ3n) is 3.40. The molecule has 0 saturated heterocycles. The van der Waals surface area contributed by atoms with Crippen LogP contribution in [0.25, 0.3) is 0 Å². The number of aliphatic imine (C=N–C) groups is 1. The summed E-state index contributed by atoms with van der Waals surface area (Å²) in [6.07, 6.45) is 0. The second-order valence-corrected chi connectivity index (χ2v) is 5.49. The van der Waals surface area contributed by atoms with E-state index >= 15 is 0 Å². The molecule has 21 heavy (non-hydrogen) atoms. The van der Waals surface area contributed by atoms with Gasteiger partial charge in [0.25, 0.3) is 0 Å². The van der Waals surface area contributed by atoms with Gasteiger partial charge in [0, 0.05) is 16.5 Å². The van der Waals surface area contributed by atoms with Gasteiger partial charge in [0.05, 0.1) is 12.1 Å². The average molecular weight is 342 g/mol. The van der Waals surface area contributed by atoms with Gasteiger partial charge in [0.1, 0.15) is 5.84 Å². The Balaban J connectivity index is 0.00000161. The molecule has 2 aromatic carbocycles. The van der Waals surface area contributed by atoms with Crippen LogP contribution in [0.1, 0.15) is 17.2 Å². The van der Waals surface area contributed by atoms with Gasteiger partial charge in [-0.2, -0.15) is 0 Å². The molecule has 2 aromatic rings. The van der Waals surface area contributed by atoms with Crippen LogP contribution in [0.15, 0.2) is 59.6 Å². The Morgan fingerprint density at radius 3 is 2.29 bits per heavy atom. The predicted octanol–water partition coefficient (Wildman–Crippen LogP) is 4.46. The summed E-state index contributed by atoms with van der Waals surface area (Å²) in [5.41, 5.74) is 2.21. The first-order valence-electron chi connectivity index (χ1n) is 6.49. The van der Waals surface area contributed by atoms with Gasteiger partial charge in [-0.05, 0) is 29.8 Å². The standard InChI is InChI=1S/C16H14Cl2N2.ClH/c17-10-14-15(11-4-2-1-3-5-11)20-16(19-14)12-6-8-13(18)9-7-12;/h1-9,14-15H,10H2,(H,19,20);1H. The van der Waals surface area contributed by atoms with E-state index in [2.05, 4.69) is 17.4 Å². The van der Waals surface area contributed by atoms with E-state index in [0.717, 1.165) is 16.4 Å². The summed E-state index contributed by atoms with van der Waals surface area (Å²) < 4.78 is 0. The van der Waals surface area contributed by atoms with Crippen molar-refractivity contribution >= 4 is 41.4 Å². The maximum absolute atomic E-state index is 6.07. The lowest BCUT2D eigenvalue weighted by atomic mass is 10.0. The Morgan fingerprint density at radius 1 is 1.00 bits per heavy atom. The number of nitrogens with zero attached hydrogens (tertiary/aromatic N) is 1. The highest BCUT2D eigenvalue weighted by molar-refractivity contribution is 6.30. The second kappa shape index (κ2) is 7.17. The molecular formula is C16H15Cl3N2. The second-order valence-electron chi connectivity index (χ2n) is 4.75.